The fourth-order valence-electron chi connectivity index (χ4n) is 6.73. The Labute approximate surface area is 431 Å². The number of allylic oxidation sites excluding steroid dienone is 14. The zero-order chi connectivity index (χ0) is 53.6. The smallest absolute Gasteiger partial charge is 0.462 e. The number of rotatable bonds is 40. The van der Waals surface area contributed by atoms with Crippen molar-refractivity contribution in [3.63, 3.8) is 0 Å². The fourth-order valence-corrected chi connectivity index (χ4v) is 8.84. The van der Waals surface area contributed by atoms with Gasteiger partial charge in [-0.25, -0.2) is 13.9 Å². The summed E-state index contributed by atoms with van der Waals surface area (Å²) >= 11 is 0. The van der Waals surface area contributed by atoms with Crippen LogP contribution in [0.5, 0.6) is 0 Å². The Morgan fingerprint density at radius 3 is 1.85 bits per heavy atom. The second-order valence-electron chi connectivity index (χ2n) is 17.2. The number of aliphatic hydroxyl groups is 3. The van der Waals surface area contributed by atoms with E-state index in [1.807, 2.05) is 24.3 Å². The highest BCUT2D eigenvalue weighted by molar-refractivity contribution is 7.61. The van der Waals surface area contributed by atoms with Gasteiger partial charge in [0, 0.05) is 19.0 Å². The van der Waals surface area contributed by atoms with Crippen LogP contribution in [0.4, 0.5) is 5.82 Å². The Morgan fingerprint density at radius 1 is 0.726 bits per heavy atom. The number of phosphoric acid groups is 2. The van der Waals surface area contributed by atoms with Crippen LogP contribution in [-0.4, -0.2) is 96.9 Å². The number of nitrogens with two attached hydrogens (primary N) is 1. The molecule has 1 fully saturated rings. The minimum absolute atomic E-state index is 0.0162. The molecule has 1 aromatic heterocycles. The first kappa shape index (κ1) is 64.8. The summed E-state index contributed by atoms with van der Waals surface area (Å²) in [5.74, 6) is -1.51. The van der Waals surface area contributed by atoms with E-state index in [1.54, 1.807) is 24.3 Å². The van der Waals surface area contributed by atoms with Crippen molar-refractivity contribution in [2.24, 2.45) is 0 Å². The number of aromatic nitrogens is 2. The largest absolute Gasteiger partial charge is 0.481 e. The molecule has 2 heterocycles. The van der Waals surface area contributed by atoms with Crippen molar-refractivity contribution < 1.29 is 71.4 Å². The van der Waals surface area contributed by atoms with Gasteiger partial charge in [0.1, 0.15) is 30.7 Å². The van der Waals surface area contributed by atoms with E-state index in [0.29, 0.717) is 32.1 Å². The number of esters is 2. The maximum absolute atomic E-state index is 12.8. The van der Waals surface area contributed by atoms with Crippen LogP contribution in [0, 0.1) is 0 Å². The minimum atomic E-state index is -5.47. The summed E-state index contributed by atoms with van der Waals surface area (Å²) in [4.78, 5) is 61.9. The van der Waals surface area contributed by atoms with Gasteiger partial charge in [0.05, 0.1) is 19.3 Å². The number of anilines is 1. The normalized spacial score (nSPS) is 20.2. The van der Waals surface area contributed by atoms with Gasteiger partial charge in [-0.2, -0.15) is 9.29 Å². The third kappa shape index (κ3) is 31.9. The average Bonchev–Trinajstić information content (AvgIpc) is 3.62. The maximum atomic E-state index is 12.8. The number of hydrogen-bond donors (Lipinski definition) is 6. The molecular formula is C52H81N3O16P2. The molecular weight excluding hydrogens is 985 g/mol. The molecule has 1 aromatic rings. The average molecular weight is 1070 g/mol. The van der Waals surface area contributed by atoms with Gasteiger partial charge in [0.15, 0.2) is 12.3 Å². The first-order valence-corrected chi connectivity index (χ1v) is 28.3. The predicted molar refractivity (Wildman–Crippen MR) is 281 cm³/mol. The molecule has 0 aliphatic carbocycles. The van der Waals surface area contributed by atoms with Crippen LogP contribution < -0.4 is 11.4 Å². The molecule has 410 valence electrons. The second kappa shape index (κ2) is 39.1. The number of aliphatic hydroxyl groups excluding tert-OH is 3. The van der Waals surface area contributed by atoms with E-state index in [-0.39, 0.29) is 18.7 Å². The van der Waals surface area contributed by atoms with Crippen molar-refractivity contribution in [1.29, 1.82) is 0 Å². The van der Waals surface area contributed by atoms with E-state index in [1.165, 1.54) is 44.6 Å². The molecule has 1 aliphatic rings. The summed E-state index contributed by atoms with van der Waals surface area (Å²) in [7, 11) is -10.9. The van der Waals surface area contributed by atoms with Gasteiger partial charge in [0.25, 0.3) is 0 Å². The lowest BCUT2D eigenvalue weighted by atomic mass is 10.1. The molecule has 0 radical (unpaired) electrons. The van der Waals surface area contributed by atoms with Crippen molar-refractivity contribution >= 4 is 33.4 Å². The lowest BCUT2D eigenvalue weighted by Gasteiger charge is -2.21. The Hall–Kier alpha value is -4.36. The van der Waals surface area contributed by atoms with Crippen LogP contribution in [-0.2, 0) is 46.3 Å². The van der Waals surface area contributed by atoms with Gasteiger partial charge in [-0.1, -0.05) is 137 Å². The highest BCUT2D eigenvalue weighted by Gasteiger charge is 2.46. The minimum Gasteiger partial charge on any atom is -0.462 e. The van der Waals surface area contributed by atoms with Crippen molar-refractivity contribution in [3.8, 4) is 0 Å². The molecule has 1 saturated heterocycles. The molecule has 19 nitrogen and oxygen atoms in total. The number of carbonyl (C=O) groups is 2. The Bertz CT molecular complexity index is 2120. The number of hydrogen-bond acceptors (Lipinski definition) is 16. The lowest BCUT2D eigenvalue weighted by molar-refractivity contribution is -0.161. The van der Waals surface area contributed by atoms with Gasteiger partial charge in [-0.15, -0.1) is 0 Å². The molecule has 0 amide bonds. The third-order valence-electron chi connectivity index (χ3n) is 10.7. The van der Waals surface area contributed by atoms with E-state index in [4.69, 9.17) is 29.0 Å². The van der Waals surface area contributed by atoms with E-state index in [9.17, 15) is 48.6 Å². The molecule has 7 N–H and O–H groups in total. The lowest BCUT2D eigenvalue weighted by Crippen LogP contribution is -2.36. The first-order chi connectivity index (χ1) is 35.1. The quantitative estimate of drug-likeness (QED) is 0.0117. The molecule has 0 spiro atoms. The first-order valence-electron chi connectivity index (χ1n) is 25.4. The molecule has 8 atom stereocenters. The Morgan fingerprint density at radius 2 is 1.26 bits per heavy atom. The summed E-state index contributed by atoms with van der Waals surface area (Å²) in [6, 6.07) is 1.23. The van der Waals surface area contributed by atoms with Gasteiger partial charge >= 0.3 is 33.3 Å². The number of carbonyl (C=O) groups excluding carboxylic acids is 2. The number of ether oxygens (including phenoxy) is 3. The van der Waals surface area contributed by atoms with Gasteiger partial charge in [0.2, 0.25) is 0 Å². The van der Waals surface area contributed by atoms with Crippen LogP contribution in [0.15, 0.2) is 114 Å². The van der Waals surface area contributed by atoms with E-state index in [2.05, 4.69) is 71.8 Å². The van der Waals surface area contributed by atoms with Crippen molar-refractivity contribution in [2.45, 2.75) is 173 Å². The molecule has 0 aromatic carbocycles. The van der Waals surface area contributed by atoms with Crippen LogP contribution in [0.2, 0.25) is 0 Å². The van der Waals surface area contributed by atoms with Gasteiger partial charge < -0.3 is 45.1 Å². The number of nitrogen functional groups attached to an aromatic ring is 1. The SMILES string of the molecule is CCCCC/C=C\C/C=C\C/C=C\C/C=C\CCCC(=O)OC[C@H](COP(=O)(O)OP(=O)(O)OC[C@H]1O[C@@H](n2ccc(N)nc2=O)[C@H](O)[C@@H]1O)OC(=O)CCC/C=C/C=C\C(O)C/C=C\C/C=C\CCCCC. The highest BCUT2D eigenvalue weighted by atomic mass is 31.3. The predicted octanol–water partition coefficient (Wildman–Crippen LogP) is 9.41. The number of nitrogens with zero attached hydrogens (tertiary/aromatic N) is 2. The third-order valence-corrected chi connectivity index (χ3v) is 13.3. The highest BCUT2D eigenvalue weighted by Crippen LogP contribution is 2.60. The maximum Gasteiger partial charge on any atom is 0.481 e. The standard InChI is InChI=1S/C52H81N3O16P2/c1-3-5-7-9-11-13-14-15-16-17-18-19-20-22-24-28-32-36-47(57)66-40-44(69-48(58)37-33-29-25-27-31-35-43(56)34-30-26-23-21-12-10-8-6-4-2)41-67-72(62,63)71-73(64,65)68-42-45-49(59)50(60)51(70-45)55-39-38-46(53)54-52(55)61/h11-13,15-16,18-19,21-22,24-27,30-31,35,38-39,43-45,49-51,56,59-60H,3-10,14,17,20,23,28-29,32-34,36-37,40-42H2,1-2H3,(H,62,63)(H,64,65)(H2,53,54,61)/b13-11-,16-15-,19-18-,21-12-,24-22-,27-25+,30-26-,35-31-/t43?,44-,45-,49-,50-,51-/m1/s1. The summed E-state index contributed by atoms with van der Waals surface area (Å²) in [5.41, 5.74) is 4.57. The van der Waals surface area contributed by atoms with Crippen molar-refractivity contribution in [1.82, 2.24) is 9.55 Å². The van der Waals surface area contributed by atoms with Gasteiger partial charge in [-0.05, 0) is 89.5 Å². The summed E-state index contributed by atoms with van der Waals surface area (Å²) in [6.07, 6.45) is 39.5. The van der Waals surface area contributed by atoms with Crippen LogP contribution in [0.1, 0.15) is 142 Å². The summed E-state index contributed by atoms with van der Waals surface area (Å²) in [6.45, 7) is 1.89. The molecule has 3 unspecified atom stereocenters. The summed E-state index contributed by atoms with van der Waals surface area (Å²) in [5, 5.41) is 31.1. The van der Waals surface area contributed by atoms with E-state index in [0.717, 1.165) is 49.3 Å². The van der Waals surface area contributed by atoms with Crippen LogP contribution in [0.3, 0.4) is 0 Å². The molecule has 21 heteroatoms. The topological polar surface area (TPSA) is 286 Å². The van der Waals surface area contributed by atoms with Crippen molar-refractivity contribution in [3.05, 3.63) is 120 Å². The van der Waals surface area contributed by atoms with Crippen LogP contribution in [0.25, 0.3) is 0 Å². The zero-order valence-electron chi connectivity index (χ0n) is 42.5. The monoisotopic (exact) mass is 1070 g/mol. The zero-order valence-corrected chi connectivity index (χ0v) is 44.3. The molecule has 0 saturated carbocycles. The van der Waals surface area contributed by atoms with Crippen LogP contribution >= 0.6 is 15.6 Å². The molecule has 2 rings (SSSR count). The Kier molecular flexibility index (Phi) is 34.7. The molecule has 73 heavy (non-hydrogen) atoms. The fraction of sp³-hybridized carbons (Fsp3) is 0.577. The number of unbranched alkanes of at least 4 members (excludes halogenated alkanes) is 8. The molecule has 1 aliphatic heterocycles. The van der Waals surface area contributed by atoms with E-state index < -0.39 is 89.8 Å². The van der Waals surface area contributed by atoms with Crippen molar-refractivity contribution in [2.75, 3.05) is 25.6 Å². The second-order valence-corrected chi connectivity index (χ2v) is 20.2. The van der Waals surface area contributed by atoms with E-state index >= 15 is 0 Å². The molecule has 0 bridgehead atoms. The van der Waals surface area contributed by atoms with Gasteiger partial charge in [-0.3, -0.25) is 23.2 Å². The summed E-state index contributed by atoms with van der Waals surface area (Å²) < 4.78 is 56.6. The number of phosphoric ester groups is 2. The Balaban J connectivity index is 1.88.